The van der Waals surface area contributed by atoms with E-state index in [2.05, 4.69) is 12.8 Å². The maximum absolute atomic E-state index is 11.8. The molecule has 4 aliphatic rings. The van der Waals surface area contributed by atoms with Crippen molar-refractivity contribution >= 4 is 5.78 Å². The highest BCUT2D eigenvalue weighted by Gasteiger charge is 2.63. The van der Waals surface area contributed by atoms with Crippen molar-refractivity contribution < 1.29 is 9.90 Å². The van der Waals surface area contributed by atoms with E-state index in [4.69, 9.17) is 6.42 Å². The zero-order chi connectivity index (χ0) is 16.2. The van der Waals surface area contributed by atoms with E-state index in [1.54, 1.807) is 0 Å². The van der Waals surface area contributed by atoms with Crippen LogP contribution in [0.5, 0.6) is 0 Å². The van der Waals surface area contributed by atoms with Crippen LogP contribution in [0, 0.1) is 41.4 Å². The summed E-state index contributed by atoms with van der Waals surface area (Å²) in [6.45, 7) is 2.22. The quantitative estimate of drug-likeness (QED) is 0.746. The second-order valence-corrected chi connectivity index (χ2v) is 8.40. The average molecular weight is 312 g/mol. The van der Waals surface area contributed by atoms with Crippen molar-refractivity contribution in [3.63, 3.8) is 0 Å². The lowest BCUT2D eigenvalue weighted by Crippen LogP contribution is -2.53. The van der Waals surface area contributed by atoms with Gasteiger partial charge >= 0.3 is 0 Å². The van der Waals surface area contributed by atoms with E-state index in [0.717, 1.165) is 44.9 Å². The van der Waals surface area contributed by atoms with Gasteiger partial charge < -0.3 is 5.11 Å². The fourth-order valence-electron chi connectivity index (χ4n) is 6.96. The Hall–Kier alpha value is -1.07. The summed E-state index contributed by atoms with van der Waals surface area (Å²) < 4.78 is 0. The van der Waals surface area contributed by atoms with Crippen LogP contribution in [0.1, 0.15) is 64.7 Å². The van der Waals surface area contributed by atoms with Gasteiger partial charge in [0.1, 0.15) is 5.60 Å². The predicted octanol–water partition coefficient (Wildman–Crippen LogP) is 3.88. The molecule has 124 valence electrons. The van der Waals surface area contributed by atoms with Gasteiger partial charge in [0.25, 0.3) is 0 Å². The molecule has 2 unspecified atom stereocenters. The fourth-order valence-corrected chi connectivity index (χ4v) is 6.96. The van der Waals surface area contributed by atoms with Gasteiger partial charge in [0, 0.05) is 11.8 Å². The van der Waals surface area contributed by atoms with Gasteiger partial charge in [-0.3, -0.25) is 4.79 Å². The van der Waals surface area contributed by atoms with Crippen LogP contribution in [0.4, 0.5) is 0 Å². The summed E-state index contributed by atoms with van der Waals surface area (Å²) in [5, 5.41) is 11.1. The number of carbonyl (C=O) groups is 1. The number of allylic oxidation sites excluding steroid dienone is 1. The van der Waals surface area contributed by atoms with Crippen LogP contribution in [0.2, 0.25) is 0 Å². The minimum atomic E-state index is -0.893. The molecule has 0 saturated heterocycles. The van der Waals surface area contributed by atoms with E-state index in [0.29, 0.717) is 29.5 Å². The molecule has 4 rings (SSSR count). The Morgan fingerprint density at radius 1 is 1.22 bits per heavy atom. The highest BCUT2D eigenvalue weighted by Crippen LogP contribution is 2.66. The van der Waals surface area contributed by atoms with Crippen LogP contribution in [0.25, 0.3) is 0 Å². The third-order valence-corrected chi connectivity index (χ3v) is 8.02. The van der Waals surface area contributed by atoms with Gasteiger partial charge in [0.15, 0.2) is 5.78 Å². The molecule has 0 aromatic carbocycles. The van der Waals surface area contributed by atoms with E-state index >= 15 is 0 Å². The molecular weight excluding hydrogens is 284 g/mol. The first-order valence-electron chi connectivity index (χ1n) is 9.48. The Morgan fingerprint density at radius 2 is 2.04 bits per heavy atom. The normalized spacial score (nSPS) is 48.7. The van der Waals surface area contributed by atoms with Crippen molar-refractivity contribution in [1.82, 2.24) is 0 Å². The van der Waals surface area contributed by atoms with Gasteiger partial charge in [-0.15, -0.1) is 6.42 Å². The zero-order valence-electron chi connectivity index (χ0n) is 14.2. The molecule has 3 saturated carbocycles. The maximum Gasteiger partial charge on any atom is 0.155 e. The summed E-state index contributed by atoms with van der Waals surface area (Å²) >= 11 is 0. The first-order chi connectivity index (χ1) is 11.0. The third kappa shape index (κ3) is 1.96. The molecule has 0 bridgehead atoms. The number of aliphatic hydroxyl groups is 1. The van der Waals surface area contributed by atoms with Crippen LogP contribution < -0.4 is 0 Å². The average Bonchev–Trinajstić information content (AvgIpc) is 2.88. The SMILES string of the molecule is C#C[C@]1(O)CC[C@H]2[C@@H]3CCC4=CC(=O)CCC4C3CC[C@]21CC. The molecule has 0 spiro atoms. The second-order valence-electron chi connectivity index (χ2n) is 8.40. The fraction of sp³-hybridized carbons (Fsp3) is 0.762. The van der Waals surface area contributed by atoms with Crippen LogP contribution in [0.15, 0.2) is 11.6 Å². The number of hydrogen-bond donors (Lipinski definition) is 1. The van der Waals surface area contributed by atoms with E-state index in [9.17, 15) is 9.90 Å². The topological polar surface area (TPSA) is 37.3 Å². The van der Waals surface area contributed by atoms with E-state index in [1.165, 1.54) is 18.4 Å². The van der Waals surface area contributed by atoms with Crippen molar-refractivity contribution in [2.75, 3.05) is 0 Å². The van der Waals surface area contributed by atoms with Crippen molar-refractivity contribution in [1.29, 1.82) is 0 Å². The predicted molar refractivity (Wildman–Crippen MR) is 90.5 cm³/mol. The van der Waals surface area contributed by atoms with E-state index in [-0.39, 0.29) is 5.41 Å². The molecule has 1 N–H and O–H groups in total. The molecule has 0 aromatic rings. The smallest absolute Gasteiger partial charge is 0.155 e. The molecule has 2 heteroatoms. The molecule has 0 heterocycles. The zero-order valence-corrected chi connectivity index (χ0v) is 14.2. The van der Waals surface area contributed by atoms with Crippen LogP contribution >= 0.6 is 0 Å². The van der Waals surface area contributed by atoms with Gasteiger partial charge in [0.2, 0.25) is 0 Å². The van der Waals surface area contributed by atoms with Crippen molar-refractivity contribution in [2.24, 2.45) is 29.1 Å². The number of terminal acetylenes is 1. The molecule has 0 amide bonds. The molecule has 6 atom stereocenters. The Bertz CT molecular complexity index is 597. The van der Waals surface area contributed by atoms with Gasteiger partial charge in [-0.1, -0.05) is 18.4 Å². The lowest BCUT2D eigenvalue weighted by molar-refractivity contribution is -0.117. The van der Waals surface area contributed by atoms with Gasteiger partial charge in [-0.25, -0.2) is 0 Å². The monoisotopic (exact) mass is 312 g/mol. The third-order valence-electron chi connectivity index (χ3n) is 8.02. The number of fused-ring (bicyclic) bond motifs is 5. The summed E-state index contributed by atoms with van der Waals surface area (Å²) in [6.07, 6.45) is 16.9. The number of hydrogen-bond acceptors (Lipinski definition) is 2. The molecule has 2 nitrogen and oxygen atoms in total. The highest BCUT2D eigenvalue weighted by molar-refractivity contribution is 5.91. The lowest BCUT2D eigenvalue weighted by atomic mass is 9.49. The number of ketones is 1. The molecule has 3 fully saturated rings. The van der Waals surface area contributed by atoms with Crippen molar-refractivity contribution in [2.45, 2.75) is 70.3 Å². The minimum absolute atomic E-state index is 0.0609. The standard InChI is InChI=1S/C21H28O2/c1-3-20-11-9-17-16-8-6-15(22)13-14(16)5-7-18(17)19(20)10-12-21(20,23)4-2/h2,13,16-19,23H,3,5-12H2,1H3/t16?,17?,18-,19+,20-,21+/m1/s1. The number of rotatable bonds is 1. The molecule has 0 radical (unpaired) electrons. The first-order valence-corrected chi connectivity index (χ1v) is 9.48. The first kappa shape index (κ1) is 15.5. The Kier molecular flexibility index (Phi) is 3.50. The summed E-state index contributed by atoms with van der Waals surface area (Å²) in [5.74, 6) is 5.73. The van der Waals surface area contributed by atoms with Crippen molar-refractivity contribution in [3.8, 4) is 12.3 Å². The van der Waals surface area contributed by atoms with Crippen LogP contribution in [-0.2, 0) is 4.79 Å². The molecular formula is C21H28O2. The van der Waals surface area contributed by atoms with Crippen LogP contribution in [0.3, 0.4) is 0 Å². The summed E-state index contributed by atoms with van der Waals surface area (Å²) in [4.78, 5) is 11.8. The summed E-state index contributed by atoms with van der Waals surface area (Å²) in [6, 6.07) is 0. The van der Waals surface area contributed by atoms with Gasteiger partial charge in [-0.05, 0) is 81.1 Å². The Labute approximate surface area is 139 Å². The van der Waals surface area contributed by atoms with Crippen molar-refractivity contribution in [3.05, 3.63) is 11.6 Å². The lowest BCUT2D eigenvalue weighted by Gasteiger charge is -2.55. The highest BCUT2D eigenvalue weighted by atomic mass is 16.3. The Balaban J connectivity index is 1.67. The summed E-state index contributed by atoms with van der Waals surface area (Å²) in [5.41, 5.74) is 0.474. The molecule has 4 aliphatic carbocycles. The Morgan fingerprint density at radius 3 is 2.78 bits per heavy atom. The van der Waals surface area contributed by atoms with Gasteiger partial charge in [0.05, 0.1) is 0 Å². The molecule has 23 heavy (non-hydrogen) atoms. The minimum Gasteiger partial charge on any atom is -0.377 e. The number of carbonyl (C=O) groups excluding carboxylic acids is 1. The maximum atomic E-state index is 11.8. The summed E-state index contributed by atoms with van der Waals surface area (Å²) in [7, 11) is 0. The van der Waals surface area contributed by atoms with Crippen LogP contribution in [-0.4, -0.2) is 16.5 Å². The molecule has 0 aliphatic heterocycles. The van der Waals surface area contributed by atoms with E-state index < -0.39 is 5.60 Å². The largest absolute Gasteiger partial charge is 0.377 e. The second kappa shape index (κ2) is 5.21. The molecule has 0 aromatic heterocycles. The van der Waals surface area contributed by atoms with Gasteiger partial charge in [-0.2, -0.15) is 0 Å². The van der Waals surface area contributed by atoms with E-state index in [1.807, 2.05) is 6.08 Å².